The predicted molar refractivity (Wildman–Crippen MR) is 101 cm³/mol. The van der Waals surface area contributed by atoms with Crippen molar-refractivity contribution in [3.05, 3.63) is 65.5 Å². The molecule has 4 heterocycles. The molecule has 6 nitrogen and oxygen atoms in total. The third kappa shape index (κ3) is 2.69. The zero-order chi connectivity index (χ0) is 19.3. The Kier molecular flexibility index (Phi) is 3.96. The van der Waals surface area contributed by atoms with Gasteiger partial charge in [-0.05, 0) is 50.1 Å². The highest BCUT2D eigenvalue weighted by molar-refractivity contribution is 5.93. The van der Waals surface area contributed by atoms with Gasteiger partial charge in [-0.2, -0.15) is 5.10 Å². The van der Waals surface area contributed by atoms with Crippen LogP contribution in [-0.2, 0) is 13.0 Å². The van der Waals surface area contributed by atoms with Crippen LogP contribution in [0.4, 0.5) is 4.39 Å². The number of fused-ring (bicyclic) bond motifs is 4. The van der Waals surface area contributed by atoms with Crippen molar-refractivity contribution >= 4 is 5.91 Å². The Hall–Kier alpha value is -3.09. The molecule has 0 aliphatic carbocycles. The third-order valence-corrected chi connectivity index (χ3v) is 5.71. The van der Waals surface area contributed by atoms with Crippen LogP contribution >= 0.6 is 0 Å². The van der Waals surface area contributed by atoms with E-state index in [4.69, 9.17) is 4.98 Å². The minimum Gasteiger partial charge on any atom is -0.327 e. The summed E-state index contributed by atoms with van der Waals surface area (Å²) in [6.45, 7) is 2.74. The Morgan fingerprint density at radius 1 is 1.21 bits per heavy atom. The van der Waals surface area contributed by atoms with Gasteiger partial charge in [0, 0.05) is 42.5 Å². The van der Waals surface area contributed by atoms with Crippen molar-refractivity contribution in [3.8, 4) is 11.4 Å². The van der Waals surface area contributed by atoms with Crippen LogP contribution in [0.15, 0.2) is 42.7 Å². The van der Waals surface area contributed by atoms with E-state index in [9.17, 15) is 9.18 Å². The number of aromatic nitrogens is 4. The van der Waals surface area contributed by atoms with Crippen LogP contribution in [-0.4, -0.2) is 36.6 Å². The number of carbonyl (C=O) groups is 1. The van der Waals surface area contributed by atoms with Crippen LogP contribution in [0.2, 0.25) is 0 Å². The van der Waals surface area contributed by atoms with Gasteiger partial charge in [0.2, 0.25) is 0 Å². The van der Waals surface area contributed by atoms with Gasteiger partial charge in [-0.3, -0.25) is 9.48 Å². The lowest BCUT2D eigenvalue weighted by molar-refractivity contribution is 0.0637. The van der Waals surface area contributed by atoms with Gasteiger partial charge in [0.25, 0.3) is 5.91 Å². The molecule has 1 fully saturated rings. The maximum atomic E-state index is 13.2. The smallest absolute Gasteiger partial charge is 0.275 e. The molecule has 2 bridgehead atoms. The number of nitrogens with zero attached hydrogens (tertiary/aromatic N) is 5. The number of hydrogen-bond donors (Lipinski definition) is 0. The molecule has 5 rings (SSSR count). The molecular weight excluding hydrogens is 357 g/mol. The molecule has 0 saturated carbocycles. The first kappa shape index (κ1) is 17.0. The molecule has 28 heavy (non-hydrogen) atoms. The topological polar surface area (TPSA) is 63.9 Å². The Balaban J connectivity index is 1.47. The lowest BCUT2D eigenvalue weighted by Crippen LogP contribution is -2.42. The summed E-state index contributed by atoms with van der Waals surface area (Å²) >= 11 is 0. The van der Waals surface area contributed by atoms with Crippen LogP contribution in [0.25, 0.3) is 11.4 Å². The Morgan fingerprint density at radius 2 is 2.04 bits per heavy atom. The second-order valence-electron chi connectivity index (χ2n) is 7.32. The normalized spacial score (nSPS) is 20.3. The monoisotopic (exact) mass is 377 g/mol. The average Bonchev–Trinajstić information content (AvgIpc) is 3.32. The number of halogens is 1. The number of carbonyl (C=O) groups excluding carboxylic acids is 1. The van der Waals surface area contributed by atoms with E-state index in [2.05, 4.69) is 10.1 Å². The predicted octanol–water partition coefficient (Wildman–Crippen LogP) is 3.40. The van der Waals surface area contributed by atoms with Gasteiger partial charge < -0.3 is 4.90 Å². The van der Waals surface area contributed by atoms with Crippen LogP contribution in [0.3, 0.4) is 0 Å². The lowest BCUT2D eigenvalue weighted by atomic mass is 9.98. The van der Waals surface area contributed by atoms with Crippen molar-refractivity contribution in [1.82, 2.24) is 24.6 Å². The summed E-state index contributed by atoms with van der Waals surface area (Å²) in [5, 5.41) is 4.38. The fourth-order valence-corrected chi connectivity index (χ4v) is 4.31. The third-order valence-electron chi connectivity index (χ3n) is 5.71. The fourth-order valence-electron chi connectivity index (χ4n) is 4.31. The van der Waals surface area contributed by atoms with Gasteiger partial charge >= 0.3 is 0 Å². The fraction of sp³-hybridized carbons (Fsp3) is 0.333. The molecule has 1 aromatic carbocycles. The molecule has 3 aromatic rings. The molecular formula is C21H20FN5O. The summed E-state index contributed by atoms with van der Waals surface area (Å²) in [5.74, 6) is 0.298. The van der Waals surface area contributed by atoms with E-state index >= 15 is 0 Å². The number of amides is 1. The maximum Gasteiger partial charge on any atom is 0.275 e. The number of benzene rings is 1. The molecule has 2 aliphatic rings. The van der Waals surface area contributed by atoms with Crippen LogP contribution in [0, 0.1) is 5.82 Å². The van der Waals surface area contributed by atoms with Crippen molar-refractivity contribution in [2.75, 3.05) is 0 Å². The highest BCUT2D eigenvalue weighted by Gasteiger charge is 2.44. The largest absolute Gasteiger partial charge is 0.327 e. The minimum atomic E-state index is -0.278. The van der Waals surface area contributed by atoms with E-state index in [0.29, 0.717) is 17.9 Å². The Morgan fingerprint density at radius 3 is 2.79 bits per heavy atom. The molecule has 0 spiro atoms. The molecule has 2 unspecified atom stereocenters. The summed E-state index contributed by atoms with van der Waals surface area (Å²) in [6, 6.07) is 8.12. The zero-order valence-electron chi connectivity index (χ0n) is 15.5. The van der Waals surface area contributed by atoms with E-state index in [1.807, 2.05) is 24.2 Å². The van der Waals surface area contributed by atoms with Gasteiger partial charge in [-0.25, -0.2) is 14.4 Å². The number of aryl methyl sites for hydroxylation is 1. The second kappa shape index (κ2) is 6.51. The summed E-state index contributed by atoms with van der Waals surface area (Å²) in [6.07, 6.45) is 6.25. The first-order valence-electron chi connectivity index (χ1n) is 9.62. The highest BCUT2D eigenvalue weighted by Crippen LogP contribution is 2.43. The van der Waals surface area contributed by atoms with Crippen molar-refractivity contribution in [1.29, 1.82) is 0 Å². The van der Waals surface area contributed by atoms with Gasteiger partial charge in [0.05, 0.1) is 11.7 Å². The van der Waals surface area contributed by atoms with E-state index in [1.54, 1.807) is 22.9 Å². The van der Waals surface area contributed by atoms with E-state index in [1.165, 1.54) is 12.1 Å². The second-order valence-corrected chi connectivity index (χ2v) is 7.32. The zero-order valence-corrected chi connectivity index (χ0v) is 15.5. The minimum absolute atomic E-state index is 0.00436. The van der Waals surface area contributed by atoms with E-state index < -0.39 is 0 Å². The van der Waals surface area contributed by atoms with Crippen molar-refractivity contribution in [3.63, 3.8) is 0 Å². The van der Waals surface area contributed by atoms with Gasteiger partial charge in [-0.1, -0.05) is 0 Å². The van der Waals surface area contributed by atoms with Crippen LogP contribution < -0.4 is 0 Å². The molecule has 2 aliphatic heterocycles. The van der Waals surface area contributed by atoms with Crippen LogP contribution in [0.1, 0.15) is 47.6 Å². The lowest BCUT2D eigenvalue weighted by Gasteiger charge is -2.35. The molecule has 142 valence electrons. The highest BCUT2D eigenvalue weighted by atomic mass is 19.1. The molecule has 0 N–H and O–H groups in total. The van der Waals surface area contributed by atoms with Crippen molar-refractivity contribution in [2.45, 2.75) is 44.8 Å². The van der Waals surface area contributed by atoms with E-state index in [-0.39, 0.29) is 23.8 Å². The maximum absolute atomic E-state index is 13.2. The average molecular weight is 377 g/mol. The van der Waals surface area contributed by atoms with Gasteiger partial charge in [-0.15, -0.1) is 0 Å². The van der Waals surface area contributed by atoms with E-state index in [0.717, 1.165) is 36.2 Å². The molecule has 1 amide bonds. The summed E-state index contributed by atoms with van der Waals surface area (Å²) in [5.41, 5.74) is 3.29. The summed E-state index contributed by atoms with van der Waals surface area (Å²) < 4.78 is 15.0. The SMILES string of the molecule is CCn1ccc(C(=O)N2C3CCC2c2cnc(-c4ccc(F)cc4)nc2C3)n1. The van der Waals surface area contributed by atoms with Crippen molar-refractivity contribution < 1.29 is 9.18 Å². The van der Waals surface area contributed by atoms with Gasteiger partial charge in [0.1, 0.15) is 11.5 Å². The summed E-state index contributed by atoms with van der Waals surface area (Å²) in [4.78, 5) is 24.3. The molecule has 2 atom stereocenters. The van der Waals surface area contributed by atoms with Gasteiger partial charge in [0.15, 0.2) is 5.82 Å². The molecule has 1 saturated heterocycles. The standard InChI is InChI=1S/C21H20FN5O/c1-2-26-10-9-17(25-26)21(28)27-15-7-8-19(27)16-12-23-20(24-18(16)11-15)13-3-5-14(22)6-4-13/h3-6,9-10,12,15,19H,2,7-8,11H2,1H3. The van der Waals surface area contributed by atoms with Crippen LogP contribution in [0.5, 0.6) is 0 Å². The van der Waals surface area contributed by atoms with Crippen molar-refractivity contribution in [2.24, 2.45) is 0 Å². The number of hydrogen-bond acceptors (Lipinski definition) is 4. The first-order chi connectivity index (χ1) is 13.6. The summed E-state index contributed by atoms with van der Waals surface area (Å²) in [7, 11) is 0. The molecule has 7 heteroatoms. The Bertz CT molecular complexity index is 1050. The first-order valence-corrected chi connectivity index (χ1v) is 9.62. The molecule has 2 aromatic heterocycles. The molecule has 0 radical (unpaired) electrons. The number of rotatable bonds is 3. The quantitative estimate of drug-likeness (QED) is 0.702. The Labute approximate surface area is 162 Å².